The molecule has 0 fully saturated rings. The van der Waals surface area contributed by atoms with Crippen molar-refractivity contribution in [3.63, 3.8) is 0 Å². The molecule has 0 saturated carbocycles. The molecule has 0 aliphatic heterocycles. The van der Waals surface area contributed by atoms with Crippen molar-refractivity contribution < 1.29 is 4.39 Å². The SMILES string of the molecule is CCCCCC(CCC)CCC1=C(c2ccccc2F)C(C)(c2ccc(-c3ccccc3)cc2)C(C)C=C1. The largest absolute Gasteiger partial charge is 0.206 e. The lowest BCUT2D eigenvalue weighted by Crippen LogP contribution is -2.34. The van der Waals surface area contributed by atoms with E-state index in [1.54, 1.807) is 12.1 Å². The molecule has 1 aliphatic rings. The normalized spacial score (nSPS) is 20.1. The molecule has 1 heteroatoms. The fourth-order valence-corrected chi connectivity index (χ4v) is 6.35. The van der Waals surface area contributed by atoms with Crippen molar-refractivity contribution in [3.05, 3.63) is 114 Å². The molecule has 38 heavy (non-hydrogen) atoms. The van der Waals surface area contributed by atoms with Crippen molar-refractivity contribution in [1.82, 2.24) is 0 Å². The smallest absolute Gasteiger partial charge is 0.130 e. The Morgan fingerprint density at radius 2 is 1.45 bits per heavy atom. The number of halogens is 1. The van der Waals surface area contributed by atoms with Crippen LogP contribution in [-0.2, 0) is 5.41 Å². The van der Waals surface area contributed by atoms with Gasteiger partial charge < -0.3 is 0 Å². The van der Waals surface area contributed by atoms with Gasteiger partial charge in [-0.1, -0.05) is 151 Å². The molecule has 4 rings (SSSR count). The lowest BCUT2D eigenvalue weighted by atomic mass is 9.61. The maximum atomic E-state index is 15.5. The molecule has 0 radical (unpaired) electrons. The average Bonchev–Trinajstić information content (AvgIpc) is 2.95. The van der Waals surface area contributed by atoms with E-state index in [2.05, 4.69) is 94.4 Å². The average molecular weight is 509 g/mol. The third-order valence-electron chi connectivity index (χ3n) is 8.81. The minimum Gasteiger partial charge on any atom is -0.206 e. The first-order valence-corrected chi connectivity index (χ1v) is 14.8. The van der Waals surface area contributed by atoms with E-state index in [1.165, 1.54) is 72.8 Å². The monoisotopic (exact) mass is 508 g/mol. The molecular formula is C37H45F. The molecule has 200 valence electrons. The highest BCUT2D eigenvalue weighted by Gasteiger charge is 2.40. The Bertz CT molecular complexity index is 1220. The van der Waals surface area contributed by atoms with E-state index in [4.69, 9.17) is 0 Å². The molecule has 1 aliphatic carbocycles. The first-order chi connectivity index (χ1) is 18.5. The highest BCUT2D eigenvalue weighted by atomic mass is 19.1. The van der Waals surface area contributed by atoms with Gasteiger partial charge in [-0.3, -0.25) is 0 Å². The van der Waals surface area contributed by atoms with Gasteiger partial charge in [0, 0.05) is 11.0 Å². The van der Waals surface area contributed by atoms with Gasteiger partial charge in [-0.2, -0.15) is 0 Å². The minimum atomic E-state index is -0.316. The number of unbranched alkanes of at least 4 members (excludes halogenated alkanes) is 2. The fourth-order valence-electron chi connectivity index (χ4n) is 6.35. The topological polar surface area (TPSA) is 0 Å². The summed E-state index contributed by atoms with van der Waals surface area (Å²) >= 11 is 0. The first-order valence-electron chi connectivity index (χ1n) is 14.8. The molecule has 0 N–H and O–H groups in total. The van der Waals surface area contributed by atoms with Crippen LogP contribution in [0.4, 0.5) is 4.39 Å². The molecular weight excluding hydrogens is 463 g/mol. The van der Waals surface area contributed by atoms with Gasteiger partial charge in [0.05, 0.1) is 0 Å². The molecule has 3 unspecified atom stereocenters. The van der Waals surface area contributed by atoms with Crippen LogP contribution in [0.1, 0.15) is 90.2 Å². The van der Waals surface area contributed by atoms with Crippen LogP contribution < -0.4 is 0 Å². The van der Waals surface area contributed by atoms with E-state index in [1.807, 2.05) is 12.1 Å². The highest BCUT2D eigenvalue weighted by molar-refractivity contribution is 5.82. The maximum Gasteiger partial charge on any atom is 0.130 e. The zero-order valence-corrected chi connectivity index (χ0v) is 23.8. The van der Waals surface area contributed by atoms with Crippen molar-refractivity contribution in [2.45, 2.75) is 84.5 Å². The molecule has 0 saturated heterocycles. The fraction of sp³-hybridized carbons (Fsp3) is 0.405. The van der Waals surface area contributed by atoms with Crippen molar-refractivity contribution in [2.24, 2.45) is 11.8 Å². The summed E-state index contributed by atoms with van der Waals surface area (Å²) in [7, 11) is 0. The number of allylic oxidation sites excluding steroid dienone is 4. The van der Waals surface area contributed by atoms with Gasteiger partial charge >= 0.3 is 0 Å². The summed E-state index contributed by atoms with van der Waals surface area (Å²) in [6.07, 6.45) is 14.6. The predicted octanol–water partition coefficient (Wildman–Crippen LogP) is 11.2. The molecule has 0 amide bonds. The molecule has 0 heterocycles. The minimum absolute atomic E-state index is 0.123. The second-order valence-electron chi connectivity index (χ2n) is 11.4. The van der Waals surface area contributed by atoms with Crippen LogP contribution in [0.25, 0.3) is 16.7 Å². The number of hydrogen-bond acceptors (Lipinski definition) is 0. The van der Waals surface area contributed by atoms with E-state index in [9.17, 15) is 0 Å². The molecule has 0 nitrogen and oxygen atoms in total. The van der Waals surface area contributed by atoms with E-state index in [0.29, 0.717) is 0 Å². The van der Waals surface area contributed by atoms with E-state index in [0.717, 1.165) is 17.9 Å². The van der Waals surface area contributed by atoms with E-state index >= 15 is 4.39 Å². The number of benzene rings is 3. The number of rotatable bonds is 12. The zero-order valence-electron chi connectivity index (χ0n) is 23.8. The lowest BCUT2D eigenvalue weighted by molar-refractivity contribution is 0.396. The van der Waals surface area contributed by atoms with Crippen LogP contribution in [0.3, 0.4) is 0 Å². The second kappa shape index (κ2) is 13.2. The Hall–Kier alpha value is -2.93. The molecule has 0 aromatic heterocycles. The first kappa shape index (κ1) is 28.1. The van der Waals surface area contributed by atoms with Crippen LogP contribution in [0.2, 0.25) is 0 Å². The summed E-state index contributed by atoms with van der Waals surface area (Å²) in [5.41, 5.74) is 6.59. The molecule has 0 spiro atoms. The summed E-state index contributed by atoms with van der Waals surface area (Å²) in [6.45, 7) is 9.19. The van der Waals surface area contributed by atoms with Gasteiger partial charge in [-0.25, -0.2) is 4.39 Å². The standard InChI is InChI=1S/C37H45F/c1-5-7-9-15-29(14-6-2)21-23-32-22-20-28(3)37(4,36(32)34-18-12-13-19-35(34)38)33-26-24-31(25-27-33)30-16-10-8-11-17-30/h8,10-13,16-20,22,24-29H,5-7,9,14-15,21,23H2,1-4H3. The van der Waals surface area contributed by atoms with Crippen LogP contribution >= 0.6 is 0 Å². The van der Waals surface area contributed by atoms with Crippen LogP contribution in [-0.4, -0.2) is 0 Å². The van der Waals surface area contributed by atoms with Gasteiger partial charge in [-0.05, 0) is 58.6 Å². The summed E-state index contributed by atoms with van der Waals surface area (Å²) < 4.78 is 15.5. The third kappa shape index (κ3) is 6.20. The van der Waals surface area contributed by atoms with E-state index < -0.39 is 0 Å². The molecule has 3 atom stereocenters. The van der Waals surface area contributed by atoms with Crippen molar-refractivity contribution >= 4 is 5.57 Å². The Labute approximate surface area is 230 Å². The van der Waals surface area contributed by atoms with Crippen molar-refractivity contribution in [2.75, 3.05) is 0 Å². The van der Waals surface area contributed by atoms with Crippen molar-refractivity contribution in [3.8, 4) is 11.1 Å². The Morgan fingerprint density at radius 3 is 2.13 bits per heavy atom. The van der Waals surface area contributed by atoms with Gasteiger partial charge in [0.15, 0.2) is 0 Å². The molecule has 3 aromatic carbocycles. The highest BCUT2D eigenvalue weighted by Crippen LogP contribution is 2.50. The van der Waals surface area contributed by atoms with Gasteiger partial charge in [-0.15, -0.1) is 0 Å². The van der Waals surface area contributed by atoms with Gasteiger partial charge in [0.25, 0.3) is 0 Å². The Balaban J connectivity index is 1.74. The quantitative estimate of drug-likeness (QED) is 0.213. The van der Waals surface area contributed by atoms with E-state index in [-0.39, 0.29) is 17.2 Å². The van der Waals surface area contributed by atoms with Gasteiger partial charge in [0.1, 0.15) is 5.82 Å². The zero-order chi connectivity index (χ0) is 27.0. The van der Waals surface area contributed by atoms with Gasteiger partial charge in [0.2, 0.25) is 0 Å². The van der Waals surface area contributed by atoms with Crippen LogP contribution in [0.5, 0.6) is 0 Å². The summed E-state index contributed by atoms with van der Waals surface area (Å²) in [4.78, 5) is 0. The van der Waals surface area contributed by atoms with Crippen LogP contribution in [0, 0.1) is 17.7 Å². The summed E-state index contributed by atoms with van der Waals surface area (Å²) in [5, 5.41) is 0. The third-order valence-corrected chi connectivity index (χ3v) is 8.81. The number of hydrogen-bond donors (Lipinski definition) is 0. The Kier molecular flexibility index (Phi) is 9.78. The summed E-state index contributed by atoms with van der Waals surface area (Å²) in [5.74, 6) is 0.868. The van der Waals surface area contributed by atoms with Crippen molar-refractivity contribution in [1.29, 1.82) is 0 Å². The lowest BCUT2D eigenvalue weighted by Gasteiger charge is -2.42. The second-order valence-corrected chi connectivity index (χ2v) is 11.4. The molecule has 0 bridgehead atoms. The summed E-state index contributed by atoms with van der Waals surface area (Å²) in [6, 6.07) is 26.9. The maximum absolute atomic E-state index is 15.5. The van der Waals surface area contributed by atoms with Crippen LogP contribution in [0.15, 0.2) is 96.6 Å². The molecule has 3 aromatic rings. The Morgan fingerprint density at radius 1 is 0.763 bits per heavy atom. The predicted molar refractivity (Wildman–Crippen MR) is 163 cm³/mol.